The molecule has 19 heavy (non-hydrogen) atoms. The Morgan fingerprint density at radius 1 is 1.21 bits per heavy atom. The summed E-state index contributed by atoms with van der Waals surface area (Å²) in [5.74, 6) is 1.63. The molecule has 4 heteroatoms. The number of nitrogens with one attached hydrogen (secondary N) is 1. The topological polar surface area (TPSA) is 45.5 Å². The molecule has 0 aliphatic rings. The molecule has 0 radical (unpaired) electrons. The van der Waals surface area contributed by atoms with Crippen LogP contribution in [-0.4, -0.2) is 24.9 Å². The molecule has 0 unspecified atom stereocenters. The molecule has 0 saturated carbocycles. The molecule has 100 valence electrons. The number of furan rings is 1. The van der Waals surface area contributed by atoms with Crippen molar-refractivity contribution in [2.45, 2.75) is 13.5 Å². The number of anilines is 1. The largest absolute Gasteiger partial charge is 0.464 e. The van der Waals surface area contributed by atoms with Gasteiger partial charge in [0.2, 0.25) is 0 Å². The van der Waals surface area contributed by atoms with Crippen LogP contribution in [-0.2, 0) is 6.54 Å². The van der Waals surface area contributed by atoms with Gasteiger partial charge in [0.25, 0.3) is 5.91 Å². The molecule has 0 bridgehead atoms. The summed E-state index contributed by atoms with van der Waals surface area (Å²) >= 11 is 0. The minimum Gasteiger partial charge on any atom is -0.464 e. The van der Waals surface area contributed by atoms with Crippen molar-refractivity contribution in [2.24, 2.45) is 0 Å². The van der Waals surface area contributed by atoms with Crippen molar-refractivity contribution in [3.05, 3.63) is 53.5 Å². The fraction of sp³-hybridized carbons (Fsp3) is 0.267. The molecule has 0 fully saturated rings. The van der Waals surface area contributed by atoms with Crippen LogP contribution in [0.15, 0.2) is 40.8 Å². The summed E-state index contributed by atoms with van der Waals surface area (Å²) < 4.78 is 5.47. The minimum atomic E-state index is -0.0169. The van der Waals surface area contributed by atoms with Crippen LogP contribution in [0.3, 0.4) is 0 Å². The first kappa shape index (κ1) is 13.2. The zero-order chi connectivity index (χ0) is 13.8. The zero-order valence-corrected chi connectivity index (χ0v) is 11.4. The Labute approximate surface area is 113 Å². The SMILES string of the molecule is CNc1ccc(C(=O)N(C)Cc2ccc(C)o2)cc1. The average Bonchev–Trinajstić information content (AvgIpc) is 2.83. The number of rotatable bonds is 4. The van der Waals surface area contributed by atoms with Crippen molar-refractivity contribution in [3.63, 3.8) is 0 Å². The highest BCUT2D eigenvalue weighted by Crippen LogP contribution is 2.13. The Morgan fingerprint density at radius 2 is 1.89 bits per heavy atom. The zero-order valence-electron chi connectivity index (χ0n) is 11.4. The lowest BCUT2D eigenvalue weighted by molar-refractivity contribution is 0.0775. The Balaban J connectivity index is 2.05. The quantitative estimate of drug-likeness (QED) is 0.917. The maximum absolute atomic E-state index is 12.2. The number of hydrogen-bond acceptors (Lipinski definition) is 3. The van der Waals surface area contributed by atoms with Crippen LogP contribution < -0.4 is 5.32 Å². The Kier molecular flexibility index (Phi) is 3.90. The molecule has 0 spiro atoms. The third-order valence-electron chi connectivity index (χ3n) is 2.96. The molecular formula is C15H18N2O2. The van der Waals surface area contributed by atoms with Crippen molar-refractivity contribution < 1.29 is 9.21 Å². The fourth-order valence-electron chi connectivity index (χ4n) is 1.88. The summed E-state index contributed by atoms with van der Waals surface area (Å²) in [4.78, 5) is 13.9. The van der Waals surface area contributed by atoms with Crippen LogP contribution in [0.5, 0.6) is 0 Å². The van der Waals surface area contributed by atoms with E-state index in [9.17, 15) is 4.79 Å². The summed E-state index contributed by atoms with van der Waals surface area (Å²) in [5, 5.41) is 3.03. The number of nitrogens with zero attached hydrogens (tertiary/aromatic N) is 1. The first-order valence-corrected chi connectivity index (χ1v) is 6.19. The maximum Gasteiger partial charge on any atom is 0.254 e. The van der Waals surface area contributed by atoms with Crippen molar-refractivity contribution in [2.75, 3.05) is 19.4 Å². The van der Waals surface area contributed by atoms with Gasteiger partial charge in [-0.3, -0.25) is 4.79 Å². The summed E-state index contributed by atoms with van der Waals surface area (Å²) in [6.07, 6.45) is 0. The van der Waals surface area contributed by atoms with Gasteiger partial charge in [0.15, 0.2) is 0 Å². The van der Waals surface area contributed by atoms with E-state index in [0.29, 0.717) is 12.1 Å². The van der Waals surface area contributed by atoms with E-state index in [2.05, 4.69) is 5.32 Å². The van der Waals surface area contributed by atoms with Gasteiger partial charge in [-0.2, -0.15) is 0 Å². The maximum atomic E-state index is 12.2. The molecule has 2 rings (SSSR count). The van der Waals surface area contributed by atoms with Gasteiger partial charge < -0.3 is 14.6 Å². The van der Waals surface area contributed by atoms with Crippen molar-refractivity contribution in [1.82, 2.24) is 4.90 Å². The summed E-state index contributed by atoms with van der Waals surface area (Å²) in [6, 6.07) is 11.2. The smallest absolute Gasteiger partial charge is 0.254 e. The molecule has 4 nitrogen and oxygen atoms in total. The van der Waals surface area contributed by atoms with E-state index < -0.39 is 0 Å². The first-order valence-electron chi connectivity index (χ1n) is 6.19. The van der Waals surface area contributed by atoms with Crippen LogP contribution in [0.2, 0.25) is 0 Å². The summed E-state index contributed by atoms with van der Waals surface area (Å²) in [7, 11) is 3.62. The van der Waals surface area contributed by atoms with E-state index >= 15 is 0 Å². The molecule has 1 aromatic carbocycles. The molecular weight excluding hydrogens is 240 g/mol. The Morgan fingerprint density at radius 3 is 2.42 bits per heavy atom. The molecule has 0 atom stereocenters. The first-order chi connectivity index (χ1) is 9.10. The van der Waals surface area contributed by atoms with Crippen LogP contribution >= 0.6 is 0 Å². The normalized spacial score (nSPS) is 10.3. The van der Waals surface area contributed by atoms with Crippen molar-refractivity contribution in [1.29, 1.82) is 0 Å². The minimum absolute atomic E-state index is 0.0169. The van der Waals surface area contributed by atoms with Gasteiger partial charge in [-0.25, -0.2) is 0 Å². The van der Waals surface area contributed by atoms with Crippen molar-refractivity contribution in [3.8, 4) is 0 Å². The van der Waals surface area contributed by atoms with Crippen LogP contribution in [0.25, 0.3) is 0 Å². The van der Waals surface area contributed by atoms with E-state index in [-0.39, 0.29) is 5.91 Å². The molecule has 0 aliphatic heterocycles. The van der Waals surface area contributed by atoms with E-state index in [0.717, 1.165) is 17.2 Å². The second-order valence-electron chi connectivity index (χ2n) is 4.50. The van der Waals surface area contributed by atoms with E-state index in [1.54, 1.807) is 11.9 Å². The highest BCUT2D eigenvalue weighted by molar-refractivity contribution is 5.94. The van der Waals surface area contributed by atoms with Crippen LogP contribution in [0.1, 0.15) is 21.9 Å². The second kappa shape index (κ2) is 5.61. The molecule has 2 aromatic rings. The lowest BCUT2D eigenvalue weighted by atomic mass is 10.2. The molecule has 1 aromatic heterocycles. The molecule has 0 aliphatic carbocycles. The third kappa shape index (κ3) is 3.16. The van der Waals surface area contributed by atoms with Crippen LogP contribution in [0, 0.1) is 6.92 Å². The monoisotopic (exact) mass is 258 g/mol. The molecule has 1 heterocycles. The van der Waals surface area contributed by atoms with Gasteiger partial charge in [0.1, 0.15) is 11.5 Å². The van der Waals surface area contributed by atoms with Crippen LogP contribution in [0.4, 0.5) is 5.69 Å². The number of benzene rings is 1. The molecule has 1 amide bonds. The standard InChI is InChI=1S/C15H18N2O2/c1-11-4-9-14(19-11)10-17(3)15(18)12-5-7-13(16-2)8-6-12/h4-9,16H,10H2,1-3H3. The highest BCUT2D eigenvalue weighted by atomic mass is 16.3. The Bertz CT molecular complexity index is 558. The number of carbonyl (C=O) groups excluding carboxylic acids is 1. The van der Waals surface area contributed by atoms with Gasteiger partial charge in [-0.1, -0.05) is 0 Å². The van der Waals surface area contributed by atoms with E-state index in [4.69, 9.17) is 4.42 Å². The fourth-order valence-corrected chi connectivity index (χ4v) is 1.88. The predicted molar refractivity (Wildman–Crippen MR) is 75.2 cm³/mol. The number of hydrogen-bond donors (Lipinski definition) is 1. The summed E-state index contributed by atoms with van der Waals surface area (Å²) in [6.45, 7) is 2.36. The molecule has 0 saturated heterocycles. The predicted octanol–water partition coefficient (Wildman–Crippen LogP) is 2.90. The number of amides is 1. The van der Waals surface area contributed by atoms with Gasteiger partial charge in [0.05, 0.1) is 6.54 Å². The van der Waals surface area contributed by atoms with Gasteiger partial charge in [-0.15, -0.1) is 0 Å². The number of aryl methyl sites for hydroxylation is 1. The van der Waals surface area contributed by atoms with Gasteiger partial charge in [-0.05, 0) is 43.3 Å². The average molecular weight is 258 g/mol. The summed E-state index contributed by atoms with van der Waals surface area (Å²) in [5.41, 5.74) is 1.66. The molecule has 1 N–H and O–H groups in total. The third-order valence-corrected chi connectivity index (χ3v) is 2.96. The van der Waals surface area contributed by atoms with E-state index in [1.807, 2.05) is 50.4 Å². The lowest BCUT2D eigenvalue weighted by Gasteiger charge is -2.16. The lowest BCUT2D eigenvalue weighted by Crippen LogP contribution is -2.25. The van der Waals surface area contributed by atoms with Crippen molar-refractivity contribution >= 4 is 11.6 Å². The second-order valence-corrected chi connectivity index (χ2v) is 4.50. The number of carbonyl (C=O) groups is 1. The highest BCUT2D eigenvalue weighted by Gasteiger charge is 2.13. The van der Waals surface area contributed by atoms with Gasteiger partial charge >= 0.3 is 0 Å². The van der Waals surface area contributed by atoms with E-state index in [1.165, 1.54) is 0 Å². The van der Waals surface area contributed by atoms with Gasteiger partial charge in [0, 0.05) is 25.3 Å². The Hall–Kier alpha value is -2.23.